The number of nitrogen functional groups attached to an aromatic ring is 1. The molecule has 20 heavy (non-hydrogen) atoms. The van der Waals surface area contributed by atoms with Crippen molar-refractivity contribution < 1.29 is 8.42 Å². The molecule has 0 unspecified atom stereocenters. The lowest BCUT2D eigenvalue weighted by atomic mass is 10.2. The van der Waals surface area contributed by atoms with Crippen molar-refractivity contribution in [2.75, 3.05) is 51.3 Å². The zero-order valence-electron chi connectivity index (χ0n) is 12.2. The molecule has 1 aliphatic rings. The van der Waals surface area contributed by atoms with Gasteiger partial charge in [-0.1, -0.05) is 6.07 Å². The summed E-state index contributed by atoms with van der Waals surface area (Å²) in [5.74, 6) is 0.154. The molecule has 1 aromatic carbocycles. The van der Waals surface area contributed by atoms with E-state index in [-0.39, 0.29) is 5.75 Å². The van der Waals surface area contributed by atoms with Gasteiger partial charge >= 0.3 is 0 Å². The number of anilines is 1. The number of hydrogen-bond donors (Lipinski definition) is 1. The molecule has 0 aromatic heterocycles. The number of benzene rings is 1. The highest BCUT2D eigenvalue weighted by atomic mass is 32.2. The highest BCUT2D eigenvalue weighted by Gasteiger charge is 2.20. The quantitative estimate of drug-likeness (QED) is 0.824. The third kappa shape index (κ3) is 3.71. The van der Waals surface area contributed by atoms with Gasteiger partial charge in [0.2, 0.25) is 0 Å². The molecule has 1 saturated heterocycles. The van der Waals surface area contributed by atoms with Crippen molar-refractivity contribution in [3.05, 3.63) is 23.8 Å². The number of piperazine rings is 1. The van der Waals surface area contributed by atoms with E-state index in [2.05, 4.69) is 16.8 Å². The van der Waals surface area contributed by atoms with Crippen LogP contribution in [0.3, 0.4) is 0 Å². The first-order valence-corrected chi connectivity index (χ1v) is 8.53. The fourth-order valence-corrected chi connectivity index (χ4v) is 3.98. The Hall–Kier alpha value is -1.11. The number of nitrogens with two attached hydrogens (primary N) is 1. The summed E-state index contributed by atoms with van der Waals surface area (Å²) in [4.78, 5) is 4.83. The van der Waals surface area contributed by atoms with Gasteiger partial charge in [0.1, 0.15) is 0 Å². The Morgan fingerprint density at radius 2 is 1.85 bits per heavy atom. The molecular formula is C14H23N3O2S. The van der Waals surface area contributed by atoms with E-state index in [9.17, 15) is 8.42 Å². The summed E-state index contributed by atoms with van der Waals surface area (Å²) in [7, 11) is -1.17. The summed E-state index contributed by atoms with van der Waals surface area (Å²) >= 11 is 0. The summed E-state index contributed by atoms with van der Waals surface area (Å²) in [6.07, 6.45) is 0. The molecule has 0 bridgehead atoms. The molecule has 2 rings (SSSR count). The fraction of sp³-hybridized carbons (Fsp3) is 0.571. The molecule has 112 valence electrons. The third-order valence-corrected chi connectivity index (χ3v) is 5.65. The van der Waals surface area contributed by atoms with Crippen LogP contribution in [0.5, 0.6) is 0 Å². The first-order chi connectivity index (χ1) is 9.38. The molecule has 6 heteroatoms. The molecule has 1 aliphatic heterocycles. The Bertz CT molecular complexity index is 564. The zero-order valence-corrected chi connectivity index (χ0v) is 13.0. The molecule has 1 fully saturated rings. The van der Waals surface area contributed by atoms with Crippen LogP contribution in [0.4, 0.5) is 5.69 Å². The first-order valence-electron chi connectivity index (χ1n) is 6.88. The second-order valence-electron chi connectivity index (χ2n) is 5.49. The minimum Gasteiger partial charge on any atom is -0.399 e. The Kier molecular flexibility index (Phi) is 4.67. The number of nitrogens with zero attached hydrogens (tertiary/aromatic N) is 2. The topological polar surface area (TPSA) is 66.6 Å². The van der Waals surface area contributed by atoms with E-state index >= 15 is 0 Å². The van der Waals surface area contributed by atoms with Gasteiger partial charge in [-0.25, -0.2) is 8.42 Å². The van der Waals surface area contributed by atoms with Gasteiger partial charge in [-0.2, -0.15) is 0 Å². The van der Waals surface area contributed by atoms with E-state index < -0.39 is 9.84 Å². The minimum atomic E-state index is -3.26. The van der Waals surface area contributed by atoms with Crippen LogP contribution in [-0.4, -0.2) is 63.7 Å². The maximum absolute atomic E-state index is 12.4. The van der Waals surface area contributed by atoms with E-state index in [1.54, 1.807) is 18.2 Å². The summed E-state index contributed by atoms with van der Waals surface area (Å²) in [5.41, 5.74) is 6.95. The number of rotatable bonds is 4. The van der Waals surface area contributed by atoms with Crippen molar-refractivity contribution in [2.24, 2.45) is 0 Å². The van der Waals surface area contributed by atoms with Crippen LogP contribution in [0.15, 0.2) is 23.1 Å². The van der Waals surface area contributed by atoms with Crippen LogP contribution < -0.4 is 5.73 Å². The number of hydrogen-bond acceptors (Lipinski definition) is 5. The molecule has 0 atom stereocenters. The predicted molar refractivity (Wildman–Crippen MR) is 81.6 cm³/mol. The van der Waals surface area contributed by atoms with Crippen LogP contribution in [-0.2, 0) is 9.84 Å². The smallest absolute Gasteiger partial charge is 0.179 e. The lowest BCUT2D eigenvalue weighted by Crippen LogP contribution is -2.45. The molecule has 0 amide bonds. The predicted octanol–water partition coefficient (Wildman–Crippen LogP) is 0.598. The van der Waals surface area contributed by atoms with Gasteiger partial charge in [0.05, 0.1) is 10.6 Å². The van der Waals surface area contributed by atoms with E-state index in [0.717, 1.165) is 31.7 Å². The van der Waals surface area contributed by atoms with Crippen LogP contribution in [0.1, 0.15) is 5.56 Å². The molecule has 2 N–H and O–H groups in total. The number of likely N-dealkylation sites (N-methyl/N-ethyl adjacent to an activating group) is 1. The Morgan fingerprint density at radius 3 is 2.50 bits per heavy atom. The molecule has 1 heterocycles. The average molecular weight is 297 g/mol. The lowest BCUT2D eigenvalue weighted by molar-refractivity contribution is 0.161. The van der Waals surface area contributed by atoms with Crippen LogP contribution >= 0.6 is 0 Å². The monoisotopic (exact) mass is 297 g/mol. The minimum absolute atomic E-state index is 0.154. The van der Waals surface area contributed by atoms with Crippen molar-refractivity contribution in [1.29, 1.82) is 0 Å². The first kappa shape index (κ1) is 15.3. The van der Waals surface area contributed by atoms with Gasteiger partial charge in [-0.05, 0) is 31.7 Å². The maximum atomic E-state index is 12.4. The van der Waals surface area contributed by atoms with Gasteiger partial charge in [0, 0.05) is 38.4 Å². The highest BCUT2D eigenvalue weighted by Crippen LogP contribution is 2.19. The van der Waals surface area contributed by atoms with Crippen molar-refractivity contribution >= 4 is 15.5 Å². The van der Waals surface area contributed by atoms with Gasteiger partial charge in [-0.15, -0.1) is 0 Å². The summed E-state index contributed by atoms with van der Waals surface area (Å²) in [6, 6.07) is 5.06. The third-order valence-electron chi connectivity index (χ3n) is 3.82. The lowest BCUT2D eigenvalue weighted by Gasteiger charge is -2.32. The van der Waals surface area contributed by atoms with E-state index in [4.69, 9.17) is 5.73 Å². The van der Waals surface area contributed by atoms with Crippen molar-refractivity contribution in [2.45, 2.75) is 11.8 Å². The maximum Gasteiger partial charge on any atom is 0.179 e. The zero-order chi connectivity index (χ0) is 14.8. The van der Waals surface area contributed by atoms with Crippen molar-refractivity contribution in [3.8, 4) is 0 Å². The molecule has 1 aromatic rings. The molecular weight excluding hydrogens is 274 g/mol. The van der Waals surface area contributed by atoms with Crippen LogP contribution in [0.25, 0.3) is 0 Å². The number of sulfone groups is 1. The highest BCUT2D eigenvalue weighted by molar-refractivity contribution is 7.91. The average Bonchev–Trinajstić information content (AvgIpc) is 2.41. The van der Waals surface area contributed by atoms with Gasteiger partial charge in [-0.3, -0.25) is 4.90 Å². The van der Waals surface area contributed by atoms with Crippen molar-refractivity contribution in [1.82, 2.24) is 9.80 Å². The van der Waals surface area contributed by atoms with E-state index in [1.807, 2.05) is 6.92 Å². The second-order valence-corrected chi connectivity index (χ2v) is 7.57. The Labute approximate surface area is 121 Å². The van der Waals surface area contributed by atoms with Gasteiger partial charge in [0.25, 0.3) is 0 Å². The standard InChI is InChI=1S/C14H23N3O2S/c1-12-3-4-13(15)11-14(12)20(18,19)10-9-17-7-5-16(2)6-8-17/h3-4,11H,5-10,15H2,1-2H3. The molecule has 0 aliphatic carbocycles. The SMILES string of the molecule is Cc1ccc(N)cc1S(=O)(=O)CCN1CCN(C)CC1. The summed E-state index contributed by atoms with van der Waals surface area (Å²) < 4.78 is 24.8. The summed E-state index contributed by atoms with van der Waals surface area (Å²) in [6.45, 7) is 6.26. The molecule has 0 spiro atoms. The Balaban J connectivity index is 2.02. The Morgan fingerprint density at radius 1 is 1.20 bits per heavy atom. The normalized spacial score (nSPS) is 18.3. The fourth-order valence-electron chi connectivity index (χ4n) is 2.38. The van der Waals surface area contributed by atoms with E-state index in [0.29, 0.717) is 17.1 Å². The second kappa shape index (κ2) is 6.11. The van der Waals surface area contributed by atoms with Crippen LogP contribution in [0, 0.1) is 6.92 Å². The van der Waals surface area contributed by atoms with E-state index in [1.165, 1.54) is 0 Å². The largest absolute Gasteiger partial charge is 0.399 e. The van der Waals surface area contributed by atoms with Gasteiger partial charge in [0.15, 0.2) is 9.84 Å². The number of aryl methyl sites for hydroxylation is 1. The molecule has 0 saturated carbocycles. The summed E-state index contributed by atoms with van der Waals surface area (Å²) in [5, 5.41) is 0. The molecule has 0 radical (unpaired) electrons. The van der Waals surface area contributed by atoms with Crippen molar-refractivity contribution in [3.63, 3.8) is 0 Å². The van der Waals surface area contributed by atoms with Crippen LogP contribution in [0.2, 0.25) is 0 Å². The molecule has 5 nitrogen and oxygen atoms in total. The van der Waals surface area contributed by atoms with Gasteiger partial charge < -0.3 is 10.6 Å².